The number of ether oxygens (including phenoxy) is 1. The van der Waals surface area contributed by atoms with E-state index in [1.54, 1.807) is 6.08 Å². The largest absolute Gasteiger partial charge is 0.497 e. The fourth-order valence-corrected chi connectivity index (χ4v) is 5.52. The molecule has 0 saturated heterocycles. The molecule has 2 saturated carbocycles. The summed E-state index contributed by atoms with van der Waals surface area (Å²) >= 11 is 0. The van der Waals surface area contributed by atoms with Gasteiger partial charge in [-0.15, -0.1) is 0 Å². The van der Waals surface area contributed by atoms with E-state index in [0.717, 1.165) is 42.7 Å². The molecule has 5 nitrogen and oxygen atoms in total. The zero-order valence-electron chi connectivity index (χ0n) is 25.8. The second-order valence-corrected chi connectivity index (χ2v) is 10.6. The van der Waals surface area contributed by atoms with E-state index in [1.807, 2.05) is 13.8 Å². The van der Waals surface area contributed by atoms with Crippen LogP contribution in [-0.4, -0.2) is 55.6 Å². The maximum absolute atomic E-state index is 13.7. The Morgan fingerprint density at radius 3 is 2.18 bits per heavy atom. The van der Waals surface area contributed by atoms with Crippen LogP contribution < -0.4 is 5.32 Å². The quantitative estimate of drug-likeness (QED) is 0.0820. The monoisotopic (exact) mass is 622 g/mol. The van der Waals surface area contributed by atoms with Crippen molar-refractivity contribution in [3.63, 3.8) is 0 Å². The molecule has 2 amide bonds. The van der Waals surface area contributed by atoms with Crippen LogP contribution in [0.5, 0.6) is 0 Å². The summed E-state index contributed by atoms with van der Waals surface area (Å²) in [5, 5.41) is 2.80. The molecule has 1 unspecified atom stereocenters. The number of hydrogen-bond donors (Lipinski definition) is 1. The van der Waals surface area contributed by atoms with Crippen molar-refractivity contribution in [2.45, 2.75) is 77.4 Å². The smallest absolute Gasteiger partial charge is 0.390 e. The van der Waals surface area contributed by atoms with Gasteiger partial charge in [0.25, 0.3) is 6.43 Å². The first-order chi connectivity index (χ1) is 20.7. The fourth-order valence-electron chi connectivity index (χ4n) is 5.52. The summed E-state index contributed by atoms with van der Waals surface area (Å²) in [5.74, 6) is -1.19. The van der Waals surface area contributed by atoms with Crippen LogP contribution in [-0.2, 0) is 14.3 Å². The first-order valence-electron chi connectivity index (χ1n) is 14.7. The van der Waals surface area contributed by atoms with E-state index in [0.29, 0.717) is 11.3 Å². The predicted molar refractivity (Wildman–Crippen MR) is 164 cm³/mol. The van der Waals surface area contributed by atoms with Crippen molar-refractivity contribution in [1.29, 1.82) is 0 Å². The molecule has 0 aromatic rings. The van der Waals surface area contributed by atoms with Crippen LogP contribution in [0, 0.1) is 5.92 Å². The minimum Gasteiger partial charge on any atom is -0.497 e. The zero-order chi connectivity index (χ0) is 33.2. The number of carbonyl (C=O) groups is 2. The summed E-state index contributed by atoms with van der Waals surface area (Å²) in [6.07, 6.45) is -0.301. The van der Waals surface area contributed by atoms with Crippen LogP contribution in [0.15, 0.2) is 95.4 Å². The molecule has 1 atom stereocenters. The Morgan fingerprint density at radius 2 is 1.66 bits per heavy atom. The molecule has 242 valence electrons. The highest BCUT2D eigenvalue weighted by atomic mass is 19.4. The molecule has 0 aliphatic heterocycles. The van der Waals surface area contributed by atoms with Crippen molar-refractivity contribution in [2.75, 3.05) is 20.2 Å². The average molecular weight is 623 g/mol. The Hall–Kier alpha value is -3.69. The SMILES string of the molecule is C=C/C(=C\C(=C)C(F)F)C(C(=O)NCC1C2=C3CCC(=C1C2)C3)N(CCC(F)(F)F)C(=O)CCC(=C)/C=C\C(=C)OC.CC. The molecular weight excluding hydrogens is 579 g/mol. The summed E-state index contributed by atoms with van der Waals surface area (Å²) in [6.45, 7) is 17.7. The number of rotatable bonds is 16. The van der Waals surface area contributed by atoms with Gasteiger partial charge in [0.1, 0.15) is 11.8 Å². The Balaban J connectivity index is 0.00000330. The molecule has 4 aliphatic carbocycles. The normalized spacial score (nSPS) is 16.7. The summed E-state index contributed by atoms with van der Waals surface area (Å²) in [6, 6.07) is -1.63. The van der Waals surface area contributed by atoms with Crippen molar-refractivity contribution in [2.24, 2.45) is 5.92 Å². The second-order valence-electron chi connectivity index (χ2n) is 10.6. The minimum absolute atomic E-state index is 0.0272. The number of hydrogen-bond acceptors (Lipinski definition) is 3. The van der Waals surface area contributed by atoms with E-state index in [9.17, 15) is 31.5 Å². The van der Waals surface area contributed by atoms with Gasteiger partial charge in [0.05, 0.1) is 13.5 Å². The van der Waals surface area contributed by atoms with Gasteiger partial charge in [-0.2, -0.15) is 13.2 Å². The van der Waals surface area contributed by atoms with Crippen LogP contribution >= 0.6 is 0 Å². The molecule has 4 bridgehead atoms. The number of methoxy groups -OCH3 is 1. The highest BCUT2D eigenvalue weighted by molar-refractivity contribution is 5.91. The Morgan fingerprint density at radius 1 is 1.05 bits per heavy atom. The van der Waals surface area contributed by atoms with Gasteiger partial charge in [0.2, 0.25) is 11.8 Å². The number of nitrogens with one attached hydrogen (secondary N) is 1. The molecule has 2 fully saturated rings. The zero-order valence-corrected chi connectivity index (χ0v) is 25.8. The summed E-state index contributed by atoms with van der Waals surface area (Å²) in [5.41, 5.74) is 4.97. The van der Waals surface area contributed by atoms with Gasteiger partial charge in [-0.3, -0.25) is 9.59 Å². The Bertz CT molecular complexity index is 1240. The third-order valence-corrected chi connectivity index (χ3v) is 7.89. The lowest BCUT2D eigenvalue weighted by molar-refractivity contribution is -0.150. The van der Waals surface area contributed by atoms with Gasteiger partial charge in [-0.25, -0.2) is 8.78 Å². The third kappa shape index (κ3) is 9.66. The number of amides is 2. The van der Waals surface area contributed by atoms with Gasteiger partial charge in [0, 0.05) is 31.0 Å². The molecule has 4 aliphatic rings. The van der Waals surface area contributed by atoms with Gasteiger partial charge in [-0.05, 0) is 49.8 Å². The van der Waals surface area contributed by atoms with Crippen LogP contribution in [0.1, 0.15) is 58.8 Å². The van der Waals surface area contributed by atoms with E-state index in [4.69, 9.17) is 4.74 Å². The highest BCUT2D eigenvalue weighted by Gasteiger charge is 2.42. The number of allylic oxidation sites excluding steroid dienone is 7. The molecular formula is C34H43F5N2O3. The van der Waals surface area contributed by atoms with Gasteiger partial charge in [-0.1, -0.05) is 80.2 Å². The molecule has 44 heavy (non-hydrogen) atoms. The topological polar surface area (TPSA) is 58.6 Å². The number of carbonyl (C=O) groups excluding carboxylic acids is 2. The summed E-state index contributed by atoms with van der Waals surface area (Å²) < 4.78 is 71.7. The van der Waals surface area contributed by atoms with Crippen molar-refractivity contribution in [1.82, 2.24) is 10.2 Å². The van der Waals surface area contributed by atoms with Crippen molar-refractivity contribution < 1.29 is 36.3 Å². The first kappa shape index (κ1) is 36.5. The average Bonchev–Trinajstić information content (AvgIpc) is 3.30. The fraction of sp³-hybridized carbons (Fsp3) is 0.471. The van der Waals surface area contributed by atoms with E-state index >= 15 is 0 Å². The second kappa shape index (κ2) is 16.4. The van der Waals surface area contributed by atoms with E-state index in [-0.39, 0.29) is 30.9 Å². The van der Waals surface area contributed by atoms with Crippen LogP contribution in [0.25, 0.3) is 0 Å². The first-order valence-corrected chi connectivity index (χ1v) is 14.7. The summed E-state index contributed by atoms with van der Waals surface area (Å²) in [4.78, 5) is 27.9. The number of alkyl halides is 5. The molecule has 10 heteroatoms. The number of nitrogens with zero attached hydrogens (tertiary/aromatic N) is 1. The minimum atomic E-state index is -4.64. The van der Waals surface area contributed by atoms with E-state index < -0.39 is 49.0 Å². The van der Waals surface area contributed by atoms with Gasteiger partial charge < -0.3 is 15.0 Å². The molecule has 0 radical (unpaired) electrons. The Labute approximate surface area is 257 Å². The van der Waals surface area contributed by atoms with Gasteiger partial charge in [0.15, 0.2) is 0 Å². The lowest BCUT2D eigenvalue weighted by Gasteiger charge is -2.40. The third-order valence-electron chi connectivity index (χ3n) is 7.89. The number of halogens is 5. The van der Waals surface area contributed by atoms with Crippen LogP contribution in [0.4, 0.5) is 22.0 Å². The molecule has 0 aromatic heterocycles. The van der Waals surface area contributed by atoms with E-state index in [1.165, 1.54) is 35.5 Å². The van der Waals surface area contributed by atoms with Crippen LogP contribution in [0.2, 0.25) is 0 Å². The summed E-state index contributed by atoms with van der Waals surface area (Å²) in [7, 11) is 1.42. The lowest BCUT2D eigenvalue weighted by Crippen LogP contribution is -2.52. The molecule has 4 rings (SSSR count). The highest BCUT2D eigenvalue weighted by Crippen LogP contribution is 2.55. The predicted octanol–water partition coefficient (Wildman–Crippen LogP) is 8.08. The molecule has 0 spiro atoms. The van der Waals surface area contributed by atoms with Crippen molar-refractivity contribution >= 4 is 11.8 Å². The van der Waals surface area contributed by atoms with Gasteiger partial charge >= 0.3 is 6.18 Å². The molecule has 1 N–H and O–H groups in total. The van der Waals surface area contributed by atoms with Crippen molar-refractivity contribution in [3.05, 3.63) is 95.4 Å². The molecule has 0 aromatic carbocycles. The van der Waals surface area contributed by atoms with Crippen molar-refractivity contribution in [3.8, 4) is 0 Å². The maximum atomic E-state index is 13.7. The Kier molecular flexibility index (Phi) is 13.6. The standard InChI is InChI=1S/C32H37F5N2O3.C2H6/c1-6-22(15-20(3)30(33)34)29(31(41)38-18-27-25-17-26(27)24-11-10-23(25)16-24)39(14-13-32(35,36)37)28(40)12-8-19(2)7-9-21(4)42-5;1-2/h6-7,9,15,27,29-30H,1-4,8,10-14,16-18H2,5H3,(H,38,41);1-2H3/b9-7-,22-15+;. The molecule has 0 heterocycles. The van der Waals surface area contributed by atoms with E-state index in [2.05, 4.69) is 31.6 Å². The maximum Gasteiger partial charge on any atom is 0.390 e. The lowest BCUT2D eigenvalue weighted by atomic mass is 9.67. The van der Waals surface area contributed by atoms with Crippen LogP contribution in [0.3, 0.4) is 0 Å².